The van der Waals surface area contributed by atoms with E-state index in [0.29, 0.717) is 32.2 Å². The van der Waals surface area contributed by atoms with Gasteiger partial charge in [-0.3, -0.25) is 14.4 Å². The van der Waals surface area contributed by atoms with Gasteiger partial charge >= 0.3 is 5.97 Å². The molecule has 170 valence electrons. The molecule has 3 rings (SSSR count). The van der Waals surface area contributed by atoms with E-state index < -0.39 is 29.6 Å². The third-order valence-corrected chi connectivity index (χ3v) is 5.16. The second kappa shape index (κ2) is 10.7. The summed E-state index contributed by atoms with van der Waals surface area (Å²) in [5.41, 5.74) is 0.777. The van der Waals surface area contributed by atoms with Crippen LogP contribution in [-0.4, -0.2) is 61.5 Å². The number of carbonyl (C=O) groups excluding carboxylic acids is 3. The molecule has 0 spiro atoms. The molecule has 2 amide bonds. The first kappa shape index (κ1) is 23.2. The molecule has 7 nitrogen and oxygen atoms in total. The highest BCUT2D eigenvalue weighted by Crippen LogP contribution is 2.16. The standard InChI is InChI=1S/C23H25F2N3O4/c1-16(23(31)28-13-11-27(12-14-28)18-5-3-2-4-6-18)32-21(29)9-10-26-22(30)19-8-7-17(24)15-20(19)25/h2-8,15-16H,9-14H2,1H3,(H,26,30). The van der Waals surface area contributed by atoms with Crippen LogP contribution in [0.4, 0.5) is 14.5 Å². The normalized spacial score (nSPS) is 14.6. The van der Waals surface area contributed by atoms with Gasteiger partial charge in [0.05, 0.1) is 12.0 Å². The van der Waals surface area contributed by atoms with Crippen molar-refractivity contribution >= 4 is 23.5 Å². The second-order valence-electron chi connectivity index (χ2n) is 7.41. The number of rotatable bonds is 7. The molecule has 0 bridgehead atoms. The number of carbonyl (C=O) groups is 3. The van der Waals surface area contributed by atoms with Crippen molar-refractivity contribution in [2.45, 2.75) is 19.4 Å². The number of ether oxygens (including phenoxy) is 1. The monoisotopic (exact) mass is 445 g/mol. The Balaban J connectivity index is 1.39. The summed E-state index contributed by atoms with van der Waals surface area (Å²) >= 11 is 0. The van der Waals surface area contributed by atoms with Crippen LogP contribution in [0.3, 0.4) is 0 Å². The Morgan fingerprint density at radius 2 is 1.72 bits per heavy atom. The second-order valence-corrected chi connectivity index (χ2v) is 7.41. The molecule has 1 aliphatic rings. The molecule has 1 unspecified atom stereocenters. The molecule has 2 aromatic carbocycles. The van der Waals surface area contributed by atoms with E-state index in [-0.39, 0.29) is 24.4 Å². The van der Waals surface area contributed by atoms with Crippen molar-refractivity contribution in [3.63, 3.8) is 0 Å². The summed E-state index contributed by atoms with van der Waals surface area (Å²) in [4.78, 5) is 40.4. The van der Waals surface area contributed by atoms with Gasteiger partial charge in [-0.25, -0.2) is 8.78 Å². The minimum Gasteiger partial charge on any atom is -0.452 e. The summed E-state index contributed by atoms with van der Waals surface area (Å²) in [7, 11) is 0. The maximum absolute atomic E-state index is 13.6. The molecule has 1 N–H and O–H groups in total. The lowest BCUT2D eigenvalue weighted by Gasteiger charge is -2.37. The topological polar surface area (TPSA) is 78.9 Å². The van der Waals surface area contributed by atoms with Gasteiger partial charge in [0.1, 0.15) is 11.6 Å². The average molecular weight is 445 g/mol. The zero-order valence-electron chi connectivity index (χ0n) is 17.7. The van der Waals surface area contributed by atoms with Crippen molar-refractivity contribution in [3.05, 3.63) is 65.7 Å². The van der Waals surface area contributed by atoms with E-state index in [1.54, 1.807) is 4.90 Å². The number of nitrogens with one attached hydrogen (secondary N) is 1. The van der Waals surface area contributed by atoms with E-state index >= 15 is 0 Å². The van der Waals surface area contributed by atoms with E-state index in [4.69, 9.17) is 4.74 Å². The smallest absolute Gasteiger partial charge is 0.308 e. The molecular weight excluding hydrogens is 420 g/mol. The van der Waals surface area contributed by atoms with Crippen molar-refractivity contribution < 1.29 is 27.9 Å². The maximum Gasteiger partial charge on any atom is 0.308 e. The lowest BCUT2D eigenvalue weighted by Crippen LogP contribution is -2.51. The van der Waals surface area contributed by atoms with Crippen molar-refractivity contribution in [1.29, 1.82) is 0 Å². The van der Waals surface area contributed by atoms with E-state index in [2.05, 4.69) is 10.2 Å². The van der Waals surface area contributed by atoms with Gasteiger partial charge in [-0.15, -0.1) is 0 Å². The first-order chi connectivity index (χ1) is 15.3. The fraction of sp³-hybridized carbons (Fsp3) is 0.348. The molecule has 0 radical (unpaired) electrons. The predicted molar refractivity (Wildman–Crippen MR) is 114 cm³/mol. The third kappa shape index (κ3) is 6.03. The molecule has 2 aromatic rings. The zero-order chi connectivity index (χ0) is 23.1. The number of piperazine rings is 1. The number of hydrogen-bond acceptors (Lipinski definition) is 5. The molecule has 32 heavy (non-hydrogen) atoms. The summed E-state index contributed by atoms with van der Waals surface area (Å²) < 4.78 is 31.7. The lowest BCUT2D eigenvalue weighted by atomic mass is 10.2. The number of esters is 1. The van der Waals surface area contributed by atoms with E-state index in [0.717, 1.165) is 17.8 Å². The molecule has 0 aromatic heterocycles. The van der Waals surface area contributed by atoms with Crippen molar-refractivity contribution in [2.75, 3.05) is 37.6 Å². The molecular formula is C23H25F2N3O4. The average Bonchev–Trinajstić information content (AvgIpc) is 2.79. The van der Waals surface area contributed by atoms with E-state index in [1.165, 1.54) is 6.92 Å². The summed E-state index contributed by atoms with van der Waals surface area (Å²) in [6, 6.07) is 12.5. The van der Waals surface area contributed by atoms with Gasteiger partial charge in [0.2, 0.25) is 0 Å². The van der Waals surface area contributed by atoms with Crippen LogP contribution in [0.25, 0.3) is 0 Å². The number of halogens is 2. The fourth-order valence-corrected chi connectivity index (χ4v) is 3.43. The molecule has 1 atom stereocenters. The van der Waals surface area contributed by atoms with Crippen LogP contribution < -0.4 is 10.2 Å². The molecule has 1 heterocycles. The molecule has 1 saturated heterocycles. The molecule has 0 saturated carbocycles. The minimum absolute atomic E-state index is 0.106. The number of anilines is 1. The quantitative estimate of drug-likeness (QED) is 0.662. The van der Waals surface area contributed by atoms with Gasteiger partial charge < -0.3 is 19.9 Å². The fourth-order valence-electron chi connectivity index (χ4n) is 3.43. The molecule has 1 aliphatic heterocycles. The number of amides is 2. The third-order valence-electron chi connectivity index (χ3n) is 5.16. The van der Waals surface area contributed by atoms with Crippen LogP contribution in [0.2, 0.25) is 0 Å². The maximum atomic E-state index is 13.6. The van der Waals surface area contributed by atoms with Gasteiger partial charge in [-0.1, -0.05) is 18.2 Å². The highest BCUT2D eigenvalue weighted by atomic mass is 19.1. The highest BCUT2D eigenvalue weighted by Gasteiger charge is 2.27. The Bertz CT molecular complexity index is 963. The minimum atomic E-state index is -0.989. The van der Waals surface area contributed by atoms with Crippen LogP contribution in [0.5, 0.6) is 0 Å². The van der Waals surface area contributed by atoms with E-state index in [1.807, 2.05) is 30.3 Å². The first-order valence-corrected chi connectivity index (χ1v) is 10.4. The van der Waals surface area contributed by atoms with Gasteiger partial charge in [0, 0.05) is 44.5 Å². The van der Waals surface area contributed by atoms with E-state index in [9.17, 15) is 23.2 Å². The Labute approximate surface area is 184 Å². The number of nitrogens with zero attached hydrogens (tertiary/aromatic N) is 2. The Kier molecular flexibility index (Phi) is 7.75. The van der Waals surface area contributed by atoms with Crippen LogP contribution in [0, 0.1) is 11.6 Å². The van der Waals surface area contributed by atoms with Crippen LogP contribution in [-0.2, 0) is 14.3 Å². The highest BCUT2D eigenvalue weighted by molar-refractivity contribution is 5.94. The van der Waals surface area contributed by atoms with Crippen molar-refractivity contribution in [1.82, 2.24) is 10.2 Å². The molecule has 0 aliphatic carbocycles. The summed E-state index contributed by atoms with van der Waals surface area (Å²) in [6.45, 7) is 3.82. The molecule has 1 fully saturated rings. The van der Waals surface area contributed by atoms with Gasteiger partial charge in [0.25, 0.3) is 11.8 Å². The Morgan fingerprint density at radius 3 is 2.38 bits per heavy atom. The Morgan fingerprint density at radius 1 is 1.03 bits per heavy atom. The largest absolute Gasteiger partial charge is 0.452 e. The van der Waals surface area contributed by atoms with Gasteiger partial charge in [-0.05, 0) is 31.2 Å². The van der Waals surface area contributed by atoms with Gasteiger partial charge in [0.15, 0.2) is 6.10 Å². The van der Waals surface area contributed by atoms with Crippen molar-refractivity contribution in [3.8, 4) is 0 Å². The van der Waals surface area contributed by atoms with Crippen molar-refractivity contribution in [2.24, 2.45) is 0 Å². The van der Waals surface area contributed by atoms with Crippen LogP contribution in [0.1, 0.15) is 23.7 Å². The number of hydrogen-bond donors (Lipinski definition) is 1. The molecule has 9 heteroatoms. The predicted octanol–water partition coefficient (Wildman–Crippen LogP) is 2.37. The SMILES string of the molecule is CC(OC(=O)CCNC(=O)c1ccc(F)cc1F)C(=O)N1CCN(c2ccccc2)CC1. The number of benzene rings is 2. The van der Waals surface area contributed by atoms with Crippen LogP contribution in [0.15, 0.2) is 48.5 Å². The van der Waals surface area contributed by atoms with Crippen LogP contribution >= 0.6 is 0 Å². The lowest BCUT2D eigenvalue weighted by molar-refractivity contribution is -0.159. The Hall–Kier alpha value is -3.49. The summed E-state index contributed by atoms with van der Waals surface area (Å²) in [5.74, 6) is -3.48. The summed E-state index contributed by atoms with van der Waals surface area (Å²) in [5, 5.41) is 2.37. The van der Waals surface area contributed by atoms with Gasteiger partial charge in [-0.2, -0.15) is 0 Å². The first-order valence-electron chi connectivity index (χ1n) is 10.4. The number of para-hydroxylation sites is 1. The summed E-state index contributed by atoms with van der Waals surface area (Å²) in [6.07, 6.45) is -1.13. The zero-order valence-corrected chi connectivity index (χ0v) is 17.7.